The van der Waals surface area contributed by atoms with Crippen LogP contribution in [0.2, 0.25) is 0 Å². The SMILES string of the molecule is CC12C=CC3(CCC4C(C)(CO)CC(=O)C(O)C4(C)C3CC1)C2. The number of hydrogen-bond acceptors (Lipinski definition) is 3. The molecule has 3 fully saturated rings. The second-order valence-corrected chi connectivity index (χ2v) is 9.80. The van der Waals surface area contributed by atoms with Crippen molar-refractivity contribution in [1.29, 1.82) is 0 Å². The van der Waals surface area contributed by atoms with Gasteiger partial charge in [0.1, 0.15) is 6.10 Å². The van der Waals surface area contributed by atoms with Gasteiger partial charge in [-0.25, -0.2) is 0 Å². The molecule has 0 saturated heterocycles. The third-order valence-corrected chi connectivity index (χ3v) is 8.32. The summed E-state index contributed by atoms with van der Waals surface area (Å²) in [4.78, 5) is 12.6. The van der Waals surface area contributed by atoms with Gasteiger partial charge in [-0.2, -0.15) is 0 Å². The van der Waals surface area contributed by atoms with Gasteiger partial charge in [-0.05, 0) is 54.8 Å². The van der Waals surface area contributed by atoms with E-state index in [1.54, 1.807) is 0 Å². The minimum absolute atomic E-state index is 0.0407. The minimum Gasteiger partial charge on any atom is -0.396 e. The summed E-state index contributed by atoms with van der Waals surface area (Å²) in [6.45, 7) is 6.59. The summed E-state index contributed by atoms with van der Waals surface area (Å²) in [6, 6.07) is 0. The van der Waals surface area contributed by atoms with E-state index in [4.69, 9.17) is 0 Å². The fraction of sp³-hybridized carbons (Fsp3) is 0.850. The Hall–Kier alpha value is -0.670. The number of allylic oxidation sites excluding steroid dienone is 2. The monoisotopic (exact) mass is 318 g/mol. The van der Waals surface area contributed by atoms with Crippen LogP contribution >= 0.6 is 0 Å². The summed E-state index contributed by atoms with van der Waals surface area (Å²) in [5.41, 5.74) is -0.312. The quantitative estimate of drug-likeness (QED) is 0.731. The van der Waals surface area contributed by atoms with Crippen molar-refractivity contribution in [2.75, 3.05) is 6.61 Å². The fourth-order valence-electron chi connectivity index (χ4n) is 7.26. The maximum Gasteiger partial charge on any atom is 0.162 e. The lowest BCUT2D eigenvalue weighted by atomic mass is 9.39. The molecule has 0 aromatic carbocycles. The number of aliphatic hydroxyl groups is 2. The molecule has 2 N–H and O–H groups in total. The van der Waals surface area contributed by atoms with Crippen LogP contribution in [0.15, 0.2) is 12.2 Å². The number of ketones is 1. The molecule has 0 aromatic rings. The summed E-state index contributed by atoms with van der Waals surface area (Å²) in [5.74, 6) is 0.514. The molecule has 0 radical (unpaired) electrons. The lowest BCUT2D eigenvalue weighted by molar-refractivity contribution is -0.204. The Morgan fingerprint density at radius 3 is 2.52 bits per heavy atom. The zero-order valence-corrected chi connectivity index (χ0v) is 14.6. The highest BCUT2D eigenvalue weighted by atomic mass is 16.3. The van der Waals surface area contributed by atoms with Crippen molar-refractivity contribution in [1.82, 2.24) is 0 Å². The van der Waals surface area contributed by atoms with E-state index in [9.17, 15) is 15.0 Å². The van der Waals surface area contributed by atoms with E-state index in [1.165, 1.54) is 6.42 Å². The lowest BCUT2D eigenvalue weighted by Gasteiger charge is -2.65. The largest absolute Gasteiger partial charge is 0.396 e. The van der Waals surface area contributed by atoms with Gasteiger partial charge in [0.15, 0.2) is 5.78 Å². The number of carbonyl (C=O) groups is 1. The molecule has 0 amide bonds. The summed E-state index contributed by atoms with van der Waals surface area (Å²) < 4.78 is 0. The van der Waals surface area contributed by atoms with Gasteiger partial charge in [0.25, 0.3) is 0 Å². The molecule has 128 valence electrons. The van der Waals surface area contributed by atoms with E-state index in [1.807, 2.05) is 0 Å². The van der Waals surface area contributed by atoms with Crippen LogP contribution in [0.5, 0.6) is 0 Å². The van der Waals surface area contributed by atoms with Crippen LogP contribution in [0.25, 0.3) is 0 Å². The van der Waals surface area contributed by atoms with E-state index in [-0.39, 0.29) is 29.1 Å². The molecule has 3 heteroatoms. The van der Waals surface area contributed by atoms with Crippen LogP contribution in [0.4, 0.5) is 0 Å². The average Bonchev–Trinajstić information content (AvgIpc) is 2.75. The Bertz CT molecular complexity index is 583. The van der Waals surface area contributed by atoms with Crippen molar-refractivity contribution in [3.05, 3.63) is 12.2 Å². The predicted molar refractivity (Wildman–Crippen MR) is 88.7 cm³/mol. The van der Waals surface area contributed by atoms with Gasteiger partial charge in [0, 0.05) is 23.9 Å². The van der Waals surface area contributed by atoms with Crippen LogP contribution in [-0.4, -0.2) is 28.7 Å². The van der Waals surface area contributed by atoms with E-state index in [2.05, 4.69) is 32.9 Å². The Morgan fingerprint density at radius 2 is 1.83 bits per heavy atom. The first-order valence-corrected chi connectivity index (χ1v) is 9.21. The Morgan fingerprint density at radius 1 is 1.13 bits per heavy atom. The standard InChI is InChI=1S/C20H30O3/c1-17-6-4-15-19(3)14(5-7-20(15,11-17)9-8-17)18(2,12-21)10-13(22)16(19)23/h8-9,14-16,21,23H,4-7,10-12H2,1-3H3. The number of aliphatic hydroxyl groups excluding tert-OH is 2. The lowest BCUT2D eigenvalue weighted by Crippen LogP contribution is -2.65. The van der Waals surface area contributed by atoms with Crippen molar-refractivity contribution < 1.29 is 15.0 Å². The van der Waals surface area contributed by atoms with Gasteiger partial charge in [-0.3, -0.25) is 4.79 Å². The molecule has 7 atom stereocenters. The van der Waals surface area contributed by atoms with Crippen molar-refractivity contribution in [2.24, 2.45) is 33.5 Å². The third kappa shape index (κ3) is 1.81. The molecule has 1 spiro atoms. The van der Waals surface area contributed by atoms with E-state index < -0.39 is 11.5 Å². The third-order valence-electron chi connectivity index (χ3n) is 8.32. The van der Waals surface area contributed by atoms with Crippen LogP contribution in [0.1, 0.15) is 59.3 Å². The van der Waals surface area contributed by atoms with Gasteiger partial charge in [0.2, 0.25) is 0 Å². The van der Waals surface area contributed by atoms with Gasteiger partial charge < -0.3 is 10.2 Å². The molecule has 4 aliphatic rings. The molecular formula is C20H30O3. The first-order valence-electron chi connectivity index (χ1n) is 9.21. The maximum atomic E-state index is 12.6. The molecule has 3 nitrogen and oxygen atoms in total. The smallest absolute Gasteiger partial charge is 0.162 e. The van der Waals surface area contributed by atoms with Gasteiger partial charge in [0.05, 0.1) is 0 Å². The summed E-state index contributed by atoms with van der Waals surface area (Å²) in [6.07, 6.45) is 9.83. The molecule has 4 aliphatic carbocycles. The molecule has 0 aromatic heterocycles. The molecule has 0 heterocycles. The highest BCUT2D eigenvalue weighted by Gasteiger charge is 2.67. The average molecular weight is 318 g/mol. The maximum absolute atomic E-state index is 12.6. The molecule has 0 aliphatic heterocycles. The number of hydrogen-bond donors (Lipinski definition) is 2. The van der Waals surface area contributed by atoms with Crippen molar-refractivity contribution >= 4 is 5.78 Å². The normalized spacial score (nSPS) is 58.0. The Labute approximate surface area is 139 Å². The van der Waals surface area contributed by atoms with Crippen LogP contribution in [0, 0.1) is 33.5 Å². The number of Topliss-reactive ketones (excluding diaryl/α,β-unsaturated/α-hetero) is 1. The topological polar surface area (TPSA) is 57.5 Å². The summed E-state index contributed by atoms with van der Waals surface area (Å²) in [5, 5.41) is 21.0. The number of fused-ring (bicyclic) bond motifs is 3. The molecule has 4 rings (SSSR count). The van der Waals surface area contributed by atoms with Gasteiger partial charge in [-0.1, -0.05) is 32.9 Å². The number of carbonyl (C=O) groups excluding carboxylic acids is 1. The van der Waals surface area contributed by atoms with Gasteiger partial charge >= 0.3 is 0 Å². The first-order chi connectivity index (χ1) is 10.7. The highest BCUT2D eigenvalue weighted by molar-refractivity contribution is 5.85. The molecule has 2 bridgehead atoms. The fourth-order valence-corrected chi connectivity index (χ4v) is 7.26. The first kappa shape index (κ1) is 15.8. The van der Waals surface area contributed by atoms with Crippen LogP contribution in [-0.2, 0) is 4.79 Å². The van der Waals surface area contributed by atoms with Crippen molar-refractivity contribution in [3.8, 4) is 0 Å². The zero-order chi connectivity index (χ0) is 16.7. The van der Waals surface area contributed by atoms with Crippen molar-refractivity contribution in [2.45, 2.75) is 65.4 Å². The zero-order valence-electron chi connectivity index (χ0n) is 14.6. The second-order valence-electron chi connectivity index (χ2n) is 9.80. The predicted octanol–water partition coefficient (Wildman–Crippen LogP) is 3.10. The molecule has 7 unspecified atom stereocenters. The van der Waals surface area contributed by atoms with E-state index >= 15 is 0 Å². The summed E-state index contributed by atoms with van der Waals surface area (Å²) >= 11 is 0. The molecule has 23 heavy (non-hydrogen) atoms. The Balaban J connectivity index is 1.81. The highest BCUT2D eigenvalue weighted by Crippen LogP contribution is 2.71. The molecular weight excluding hydrogens is 288 g/mol. The van der Waals surface area contributed by atoms with Crippen molar-refractivity contribution in [3.63, 3.8) is 0 Å². The number of rotatable bonds is 1. The van der Waals surface area contributed by atoms with Crippen LogP contribution in [0.3, 0.4) is 0 Å². The Kier molecular flexibility index (Phi) is 3.09. The molecule has 3 saturated carbocycles. The van der Waals surface area contributed by atoms with E-state index in [0.29, 0.717) is 17.8 Å². The van der Waals surface area contributed by atoms with E-state index in [0.717, 1.165) is 25.7 Å². The van der Waals surface area contributed by atoms with Gasteiger partial charge in [-0.15, -0.1) is 0 Å². The van der Waals surface area contributed by atoms with Crippen LogP contribution < -0.4 is 0 Å². The minimum atomic E-state index is -0.868. The second kappa shape index (κ2) is 4.49. The summed E-state index contributed by atoms with van der Waals surface area (Å²) in [7, 11) is 0.